The van der Waals surface area contributed by atoms with Crippen LogP contribution >= 0.6 is 0 Å². The SMILES string of the molecule is COCCNCC1(Cc2ccn(C)n2)CCCC1. The van der Waals surface area contributed by atoms with E-state index in [1.54, 1.807) is 7.11 Å². The van der Waals surface area contributed by atoms with Gasteiger partial charge in [0, 0.05) is 33.4 Å². The molecule has 4 nitrogen and oxygen atoms in total. The lowest BCUT2D eigenvalue weighted by molar-refractivity contribution is 0.189. The average molecular weight is 251 g/mol. The number of hydrogen-bond donors (Lipinski definition) is 1. The van der Waals surface area contributed by atoms with E-state index < -0.39 is 0 Å². The summed E-state index contributed by atoms with van der Waals surface area (Å²) >= 11 is 0. The van der Waals surface area contributed by atoms with E-state index in [2.05, 4.69) is 16.5 Å². The van der Waals surface area contributed by atoms with E-state index in [1.807, 2.05) is 17.9 Å². The summed E-state index contributed by atoms with van der Waals surface area (Å²) in [4.78, 5) is 0. The van der Waals surface area contributed by atoms with E-state index in [4.69, 9.17) is 4.74 Å². The minimum absolute atomic E-state index is 0.419. The van der Waals surface area contributed by atoms with Crippen LogP contribution in [0.5, 0.6) is 0 Å². The van der Waals surface area contributed by atoms with Crippen LogP contribution in [0.3, 0.4) is 0 Å². The van der Waals surface area contributed by atoms with Crippen LogP contribution in [-0.2, 0) is 18.2 Å². The zero-order valence-electron chi connectivity index (χ0n) is 11.6. The first-order chi connectivity index (χ1) is 8.74. The van der Waals surface area contributed by atoms with Crippen molar-refractivity contribution >= 4 is 0 Å². The summed E-state index contributed by atoms with van der Waals surface area (Å²) in [5, 5.41) is 8.06. The van der Waals surface area contributed by atoms with E-state index in [1.165, 1.54) is 31.4 Å². The zero-order valence-corrected chi connectivity index (χ0v) is 11.6. The molecule has 1 aromatic heterocycles. The van der Waals surface area contributed by atoms with Gasteiger partial charge in [0.15, 0.2) is 0 Å². The highest BCUT2D eigenvalue weighted by atomic mass is 16.5. The van der Waals surface area contributed by atoms with E-state index in [-0.39, 0.29) is 0 Å². The van der Waals surface area contributed by atoms with Crippen LogP contribution in [0.1, 0.15) is 31.4 Å². The summed E-state index contributed by atoms with van der Waals surface area (Å²) in [6.07, 6.45) is 8.51. The second-order valence-electron chi connectivity index (χ2n) is 5.53. The molecular formula is C14H25N3O. The lowest BCUT2D eigenvalue weighted by atomic mass is 9.81. The third-order valence-corrected chi connectivity index (χ3v) is 3.97. The normalized spacial score (nSPS) is 18.3. The molecule has 1 N–H and O–H groups in total. The van der Waals surface area contributed by atoms with Crippen LogP contribution < -0.4 is 5.32 Å². The highest BCUT2D eigenvalue weighted by Crippen LogP contribution is 2.40. The van der Waals surface area contributed by atoms with Crippen LogP contribution in [0.15, 0.2) is 12.3 Å². The van der Waals surface area contributed by atoms with Gasteiger partial charge in [-0.05, 0) is 30.7 Å². The number of ether oxygens (including phenoxy) is 1. The standard InChI is InChI=1S/C14H25N3O/c1-17-9-5-13(16-17)11-14(6-3-4-7-14)12-15-8-10-18-2/h5,9,15H,3-4,6-8,10-12H2,1-2H3. The Bertz CT molecular complexity index is 356. The number of aromatic nitrogens is 2. The van der Waals surface area contributed by atoms with Crippen LogP contribution in [0.25, 0.3) is 0 Å². The Morgan fingerprint density at radius 3 is 2.83 bits per heavy atom. The molecule has 0 saturated heterocycles. The maximum atomic E-state index is 5.08. The first-order valence-corrected chi connectivity index (χ1v) is 6.92. The second kappa shape index (κ2) is 6.34. The van der Waals surface area contributed by atoms with Crippen molar-refractivity contribution in [3.05, 3.63) is 18.0 Å². The minimum atomic E-state index is 0.419. The predicted octanol–water partition coefficient (Wildman–Crippen LogP) is 1.76. The molecule has 0 amide bonds. The highest BCUT2D eigenvalue weighted by molar-refractivity contribution is 5.05. The van der Waals surface area contributed by atoms with Crippen molar-refractivity contribution in [2.75, 3.05) is 26.8 Å². The Hall–Kier alpha value is -0.870. The van der Waals surface area contributed by atoms with Crippen LogP contribution in [0.2, 0.25) is 0 Å². The molecule has 1 aromatic rings. The maximum absolute atomic E-state index is 5.08. The van der Waals surface area contributed by atoms with Gasteiger partial charge in [0.05, 0.1) is 12.3 Å². The zero-order chi connectivity index (χ0) is 12.8. The third kappa shape index (κ3) is 3.56. The molecule has 0 radical (unpaired) electrons. The molecule has 102 valence electrons. The molecule has 0 spiro atoms. The van der Waals surface area contributed by atoms with E-state index in [0.29, 0.717) is 5.41 Å². The van der Waals surface area contributed by atoms with Crippen LogP contribution in [0.4, 0.5) is 0 Å². The Morgan fingerprint density at radius 1 is 1.44 bits per heavy atom. The molecule has 18 heavy (non-hydrogen) atoms. The van der Waals surface area contributed by atoms with Crippen molar-refractivity contribution in [1.82, 2.24) is 15.1 Å². The van der Waals surface area contributed by atoms with Gasteiger partial charge >= 0.3 is 0 Å². The molecule has 1 aliphatic rings. The smallest absolute Gasteiger partial charge is 0.0630 e. The Labute approximate surface area is 110 Å². The fourth-order valence-corrected chi connectivity index (χ4v) is 3.01. The van der Waals surface area contributed by atoms with Gasteiger partial charge in [-0.2, -0.15) is 5.10 Å². The molecule has 0 bridgehead atoms. The summed E-state index contributed by atoms with van der Waals surface area (Å²) in [6.45, 7) is 2.83. The van der Waals surface area contributed by atoms with Crippen molar-refractivity contribution in [2.24, 2.45) is 12.5 Å². The lowest BCUT2D eigenvalue weighted by Gasteiger charge is -2.28. The van der Waals surface area contributed by atoms with Crippen LogP contribution in [0, 0.1) is 5.41 Å². The van der Waals surface area contributed by atoms with Crippen molar-refractivity contribution in [1.29, 1.82) is 0 Å². The van der Waals surface area contributed by atoms with Gasteiger partial charge < -0.3 is 10.1 Å². The molecule has 1 aliphatic carbocycles. The summed E-state index contributed by atoms with van der Waals surface area (Å²) in [5.41, 5.74) is 1.65. The average Bonchev–Trinajstić information content (AvgIpc) is 2.96. The van der Waals surface area contributed by atoms with Crippen molar-refractivity contribution in [2.45, 2.75) is 32.1 Å². The molecule has 1 heterocycles. The van der Waals surface area contributed by atoms with Crippen LogP contribution in [-0.4, -0.2) is 36.6 Å². The maximum Gasteiger partial charge on any atom is 0.0630 e. The van der Waals surface area contributed by atoms with Gasteiger partial charge in [0.25, 0.3) is 0 Å². The van der Waals surface area contributed by atoms with Gasteiger partial charge in [-0.3, -0.25) is 4.68 Å². The summed E-state index contributed by atoms with van der Waals surface area (Å²) in [6, 6.07) is 2.15. The first-order valence-electron chi connectivity index (χ1n) is 6.92. The van der Waals surface area contributed by atoms with Gasteiger partial charge in [0.2, 0.25) is 0 Å². The number of rotatable bonds is 7. The number of aryl methyl sites for hydroxylation is 1. The van der Waals surface area contributed by atoms with Gasteiger partial charge in [0.1, 0.15) is 0 Å². The number of methoxy groups -OCH3 is 1. The first kappa shape index (κ1) is 13.6. The quantitative estimate of drug-likeness (QED) is 0.751. The van der Waals surface area contributed by atoms with Gasteiger partial charge in [-0.1, -0.05) is 12.8 Å². The van der Waals surface area contributed by atoms with E-state index in [0.717, 1.165) is 26.1 Å². The Balaban J connectivity index is 1.89. The molecule has 4 heteroatoms. The topological polar surface area (TPSA) is 39.1 Å². The molecule has 0 unspecified atom stereocenters. The molecule has 1 fully saturated rings. The monoisotopic (exact) mass is 251 g/mol. The molecule has 0 aliphatic heterocycles. The highest BCUT2D eigenvalue weighted by Gasteiger charge is 2.34. The minimum Gasteiger partial charge on any atom is -0.383 e. The Kier molecular flexibility index (Phi) is 4.78. The third-order valence-electron chi connectivity index (χ3n) is 3.97. The second-order valence-corrected chi connectivity index (χ2v) is 5.53. The van der Waals surface area contributed by atoms with Crippen molar-refractivity contribution in [3.63, 3.8) is 0 Å². The fourth-order valence-electron chi connectivity index (χ4n) is 3.01. The Morgan fingerprint density at radius 2 is 2.22 bits per heavy atom. The summed E-state index contributed by atoms with van der Waals surface area (Å²) in [7, 11) is 3.74. The van der Waals surface area contributed by atoms with E-state index in [9.17, 15) is 0 Å². The molecule has 1 saturated carbocycles. The molecule has 2 rings (SSSR count). The number of nitrogens with one attached hydrogen (secondary N) is 1. The molecule has 0 atom stereocenters. The lowest BCUT2D eigenvalue weighted by Crippen LogP contribution is -2.35. The van der Waals surface area contributed by atoms with Gasteiger partial charge in [-0.25, -0.2) is 0 Å². The van der Waals surface area contributed by atoms with Crippen molar-refractivity contribution in [3.8, 4) is 0 Å². The summed E-state index contributed by atoms with van der Waals surface area (Å²) in [5.74, 6) is 0. The number of nitrogens with zero attached hydrogens (tertiary/aromatic N) is 2. The fraction of sp³-hybridized carbons (Fsp3) is 0.786. The molecular weight excluding hydrogens is 226 g/mol. The number of hydrogen-bond acceptors (Lipinski definition) is 3. The summed E-state index contributed by atoms with van der Waals surface area (Å²) < 4.78 is 6.98. The van der Waals surface area contributed by atoms with Crippen molar-refractivity contribution < 1.29 is 4.74 Å². The molecule has 0 aromatic carbocycles. The largest absolute Gasteiger partial charge is 0.383 e. The van der Waals surface area contributed by atoms with Gasteiger partial charge in [-0.15, -0.1) is 0 Å². The van der Waals surface area contributed by atoms with E-state index >= 15 is 0 Å². The predicted molar refractivity (Wildman–Crippen MR) is 72.6 cm³/mol.